The van der Waals surface area contributed by atoms with Crippen LogP contribution in [0.2, 0.25) is 0 Å². The van der Waals surface area contributed by atoms with Crippen LogP contribution in [0.4, 0.5) is 0 Å². The van der Waals surface area contributed by atoms with Crippen LogP contribution in [0.1, 0.15) is 329 Å². The van der Waals surface area contributed by atoms with Gasteiger partial charge >= 0.3 is 11.9 Å². The van der Waals surface area contributed by atoms with Crippen molar-refractivity contribution in [2.45, 2.75) is 335 Å². The minimum absolute atomic E-state index is 0.0943. The second-order valence-electron chi connectivity index (χ2n) is 19.9. The summed E-state index contributed by atoms with van der Waals surface area (Å²) in [6.07, 6.45) is 65.1. The van der Waals surface area contributed by atoms with Crippen LogP contribution in [-0.4, -0.2) is 37.9 Å². The number of carbonyl (C=O) groups is 2. The van der Waals surface area contributed by atoms with Crippen LogP contribution in [0.5, 0.6) is 0 Å². The normalized spacial score (nSPS) is 12.1. The van der Waals surface area contributed by atoms with E-state index in [0.717, 1.165) is 32.1 Å². The molecule has 0 bridgehead atoms. The van der Waals surface area contributed by atoms with Gasteiger partial charge in [-0.05, 0) is 44.9 Å². The van der Waals surface area contributed by atoms with Crippen molar-refractivity contribution in [3.8, 4) is 0 Å². The molecule has 0 aliphatic carbocycles. The number of allylic oxidation sites excluding steroid dienone is 2. The molecule has 0 amide bonds. The van der Waals surface area contributed by atoms with E-state index in [9.17, 15) is 9.59 Å². The molecule has 0 aliphatic heterocycles. The first kappa shape index (κ1) is 62.6. The maximum absolute atomic E-state index is 12.8. The number of unbranched alkanes of at least 4 members (excludes halogenated alkanes) is 42. The van der Waals surface area contributed by atoms with Gasteiger partial charge in [0, 0.05) is 19.4 Å². The van der Waals surface area contributed by atoms with Gasteiger partial charge in [0.25, 0.3) is 0 Å². The monoisotopic (exact) mass is 903 g/mol. The Labute approximate surface area is 401 Å². The second kappa shape index (κ2) is 56.0. The molecule has 5 heteroatoms. The first-order valence-corrected chi connectivity index (χ1v) is 29.2. The quantitative estimate of drug-likeness (QED) is 0.0346. The number of hydrogen-bond acceptors (Lipinski definition) is 5. The molecule has 0 saturated heterocycles. The highest BCUT2D eigenvalue weighted by Gasteiger charge is 2.17. The highest BCUT2D eigenvalue weighted by atomic mass is 16.6. The largest absolute Gasteiger partial charge is 0.462 e. The predicted octanol–water partition coefficient (Wildman–Crippen LogP) is 19.8. The van der Waals surface area contributed by atoms with Crippen LogP contribution in [0.15, 0.2) is 12.2 Å². The highest BCUT2D eigenvalue weighted by molar-refractivity contribution is 5.70. The Morgan fingerprint density at radius 1 is 0.328 bits per heavy atom. The van der Waals surface area contributed by atoms with E-state index < -0.39 is 6.10 Å². The molecule has 0 radical (unpaired) electrons. The van der Waals surface area contributed by atoms with Crippen molar-refractivity contribution in [3.05, 3.63) is 12.2 Å². The van der Waals surface area contributed by atoms with Crippen molar-refractivity contribution in [2.75, 3.05) is 19.8 Å². The van der Waals surface area contributed by atoms with E-state index in [-0.39, 0.29) is 18.5 Å². The third-order valence-corrected chi connectivity index (χ3v) is 13.3. The van der Waals surface area contributed by atoms with Crippen molar-refractivity contribution >= 4 is 11.9 Å². The fraction of sp³-hybridized carbons (Fsp3) is 0.932. The van der Waals surface area contributed by atoms with E-state index in [1.165, 1.54) is 263 Å². The average molecular weight is 904 g/mol. The van der Waals surface area contributed by atoms with Crippen LogP contribution in [0.3, 0.4) is 0 Å². The first-order chi connectivity index (χ1) is 31.6. The fourth-order valence-electron chi connectivity index (χ4n) is 8.92. The van der Waals surface area contributed by atoms with Gasteiger partial charge in [-0.25, -0.2) is 0 Å². The van der Waals surface area contributed by atoms with E-state index in [0.29, 0.717) is 26.1 Å². The zero-order valence-corrected chi connectivity index (χ0v) is 43.8. The van der Waals surface area contributed by atoms with Gasteiger partial charge in [-0.3, -0.25) is 9.59 Å². The van der Waals surface area contributed by atoms with E-state index >= 15 is 0 Å². The molecule has 0 aromatic heterocycles. The van der Waals surface area contributed by atoms with Gasteiger partial charge in [-0.15, -0.1) is 0 Å². The lowest BCUT2D eigenvalue weighted by atomic mass is 10.0. The van der Waals surface area contributed by atoms with Crippen LogP contribution in [0, 0.1) is 0 Å². The van der Waals surface area contributed by atoms with Crippen molar-refractivity contribution in [1.82, 2.24) is 0 Å². The summed E-state index contributed by atoms with van der Waals surface area (Å²) in [6.45, 7) is 7.91. The number of ether oxygens (including phenoxy) is 3. The van der Waals surface area contributed by atoms with E-state index in [2.05, 4.69) is 32.9 Å². The summed E-state index contributed by atoms with van der Waals surface area (Å²) < 4.78 is 17.5. The Kier molecular flexibility index (Phi) is 54.8. The molecule has 0 saturated carbocycles. The third kappa shape index (κ3) is 53.3. The molecule has 1 unspecified atom stereocenters. The lowest BCUT2D eigenvalue weighted by molar-refractivity contribution is -0.163. The minimum Gasteiger partial charge on any atom is -0.462 e. The van der Waals surface area contributed by atoms with Crippen molar-refractivity contribution in [3.63, 3.8) is 0 Å². The van der Waals surface area contributed by atoms with Crippen LogP contribution < -0.4 is 0 Å². The van der Waals surface area contributed by atoms with Crippen LogP contribution in [-0.2, 0) is 23.8 Å². The number of esters is 2. The topological polar surface area (TPSA) is 61.8 Å². The molecule has 0 rings (SSSR count). The Morgan fingerprint density at radius 3 is 0.953 bits per heavy atom. The van der Waals surface area contributed by atoms with Gasteiger partial charge in [0.15, 0.2) is 6.10 Å². The number of carbonyl (C=O) groups excluding carboxylic acids is 2. The lowest BCUT2D eigenvalue weighted by Crippen LogP contribution is -2.30. The Bertz CT molecular complexity index is 932. The third-order valence-electron chi connectivity index (χ3n) is 13.3. The van der Waals surface area contributed by atoms with Crippen molar-refractivity contribution in [1.29, 1.82) is 0 Å². The molecule has 1 atom stereocenters. The number of rotatable bonds is 55. The molecule has 0 N–H and O–H groups in total. The summed E-state index contributed by atoms with van der Waals surface area (Å²) in [5.74, 6) is -0.372. The SMILES string of the molecule is CCCCCCCC/C=C\CCCCCCCCCCCC(=O)OCC(COCCCCCCCCCCCCCCCC)OC(=O)CCCCCCCCCCCCCCCCC. The molecule has 0 heterocycles. The summed E-state index contributed by atoms with van der Waals surface area (Å²) >= 11 is 0. The Balaban J connectivity index is 4.18. The molecule has 380 valence electrons. The van der Waals surface area contributed by atoms with Crippen LogP contribution >= 0.6 is 0 Å². The van der Waals surface area contributed by atoms with Gasteiger partial charge in [0.2, 0.25) is 0 Å². The zero-order valence-electron chi connectivity index (χ0n) is 43.8. The molecular weight excluding hydrogens is 789 g/mol. The molecule has 0 aromatic rings. The van der Waals surface area contributed by atoms with Crippen molar-refractivity contribution in [2.24, 2.45) is 0 Å². The summed E-state index contributed by atoms with van der Waals surface area (Å²) in [4.78, 5) is 25.5. The highest BCUT2D eigenvalue weighted by Crippen LogP contribution is 2.17. The fourth-order valence-corrected chi connectivity index (χ4v) is 8.92. The minimum atomic E-state index is -0.527. The standard InChI is InChI=1S/C59H114O5/c1-4-7-10-13-16-19-22-25-28-29-30-31-33-34-37-40-43-46-49-52-58(60)63-56-57(55-62-54-51-48-45-42-39-36-27-24-21-18-15-12-9-6-3)64-59(61)53-50-47-44-41-38-35-32-26-23-20-17-14-11-8-5-2/h25,28,57H,4-24,26-27,29-56H2,1-3H3/b28-25-. The van der Waals surface area contributed by atoms with E-state index in [1.807, 2.05) is 0 Å². The summed E-state index contributed by atoms with van der Waals surface area (Å²) in [5.41, 5.74) is 0. The molecular formula is C59H114O5. The number of hydrogen-bond donors (Lipinski definition) is 0. The molecule has 64 heavy (non-hydrogen) atoms. The first-order valence-electron chi connectivity index (χ1n) is 29.2. The van der Waals surface area contributed by atoms with Gasteiger partial charge in [0.05, 0.1) is 6.61 Å². The molecule has 0 fully saturated rings. The molecule has 5 nitrogen and oxygen atoms in total. The molecule has 0 spiro atoms. The maximum atomic E-state index is 12.8. The Hall–Kier alpha value is -1.36. The summed E-state index contributed by atoms with van der Waals surface area (Å²) in [6, 6.07) is 0. The van der Waals surface area contributed by atoms with Crippen molar-refractivity contribution < 1.29 is 23.8 Å². The second-order valence-corrected chi connectivity index (χ2v) is 19.9. The Morgan fingerprint density at radius 2 is 0.609 bits per heavy atom. The van der Waals surface area contributed by atoms with E-state index in [4.69, 9.17) is 14.2 Å². The van der Waals surface area contributed by atoms with Crippen LogP contribution in [0.25, 0.3) is 0 Å². The van der Waals surface area contributed by atoms with E-state index in [1.54, 1.807) is 0 Å². The molecule has 0 aromatic carbocycles. The lowest BCUT2D eigenvalue weighted by Gasteiger charge is -2.18. The summed E-state index contributed by atoms with van der Waals surface area (Å²) in [5, 5.41) is 0. The summed E-state index contributed by atoms with van der Waals surface area (Å²) in [7, 11) is 0. The van der Waals surface area contributed by atoms with Gasteiger partial charge in [-0.2, -0.15) is 0 Å². The average Bonchev–Trinajstić information content (AvgIpc) is 3.30. The van der Waals surface area contributed by atoms with Gasteiger partial charge in [0.1, 0.15) is 6.61 Å². The maximum Gasteiger partial charge on any atom is 0.306 e. The van der Waals surface area contributed by atoms with Gasteiger partial charge in [-0.1, -0.05) is 283 Å². The molecule has 0 aliphatic rings. The smallest absolute Gasteiger partial charge is 0.306 e. The van der Waals surface area contributed by atoms with Gasteiger partial charge < -0.3 is 14.2 Å². The predicted molar refractivity (Wildman–Crippen MR) is 279 cm³/mol. The zero-order chi connectivity index (χ0) is 46.3.